The molecule has 88 valence electrons. The summed E-state index contributed by atoms with van der Waals surface area (Å²) < 4.78 is 39.5. The molecule has 16 heavy (non-hydrogen) atoms. The average Bonchev–Trinajstić information content (AvgIpc) is 2.58. The molecule has 2 rings (SSSR count). The zero-order chi connectivity index (χ0) is 11.8. The maximum Gasteiger partial charge on any atom is 0.266 e. The predicted molar refractivity (Wildman–Crippen MR) is 56.1 cm³/mol. The molecule has 0 radical (unpaired) electrons. The summed E-state index contributed by atoms with van der Waals surface area (Å²) in [5, 5.41) is 0. The zero-order valence-electron chi connectivity index (χ0n) is 8.72. The second-order valence-electron chi connectivity index (χ2n) is 3.97. The van der Waals surface area contributed by atoms with Crippen molar-refractivity contribution in [2.24, 2.45) is 5.73 Å². The molecule has 0 saturated carbocycles. The molecule has 2 nitrogen and oxygen atoms in total. The first-order chi connectivity index (χ1) is 7.53. The Morgan fingerprint density at radius 3 is 2.69 bits per heavy atom. The second kappa shape index (κ2) is 3.97. The largest absolute Gasteiger partial charge is 0.365 e. The van der Waals surface area contributed by atoms with Gasteiger partial charge < -0.3 is 10.6 Å². The second-order valence-corrected chi connectivity index (χ2v) is 3.97. The smallest absolute Gasteiger partial charge is 0.266 e. The topological polar surface area (TPSA) is 29.3 Å². The van der Waals surface area contributed by atoms with Crippen LogP contribution in [0.1, 0.15) is 12.0 Å². The minimum atomic E-state index is -2.68. The lowest BCUT2D eigenvalue weighted by atomic mass is 10.1. The first kappa shape index (κ1) is 11.3. The van der Waals surface area contributed by atoms with Gasteiger partial charge in [0, 0.05) is 30.8 Å². The lowest BCUT2D eigenvalue weighted by molar-refractivity contribution is 0.0257. The van der Waals surface area contributed by atoms with E-state index in [1.807, 2.05) is 0 Å². The maximum absolute atomic E-state index is 13.4. The number of nitrogens with two attached hydrogens (primary N) is 1. The standard InChI is InChI=1S/C11H13F3N2/c12-9-2-1-3-10(8(9)6-15)16-5-4-11(13,14)7-16/h1-3H,4-7,15H2. The molecule has 0 atom stereocenters. The number of hydrogen-bond donors (Lipinski definition) is 1. The molecule has 1 aromatic rings. The summed E-state index contributed by atoms with van der Waals surface area (Å²) in [4.78, 5) is 1.49. The van der Waals surface area contributed by atoms with Crippen molar-refractivity contribution in [3.05, 3.63) is 29.6 Å². The van der Waals surface area contributed by atoms with Crippen molar-refractivity contribution in [2.45, 2.75) is 18.9 Å². The number of alkyl halides is 2. The number of anilines is 1. The SMILES string of the molecule is NCc1c(F)cccc1N1CCC(F)(F)C1. The van der Waals surface area contributed by atoms with Gasteiger partial charge in [-0.1, -0.05) is 6.07 Å². The Balaban J connectivity index is 2.31. The molecule has 0 aromatic heterocycles. The van der Waals surface area contributed by atoms with Crippen LogP contribution in [-0.4, -0.2) is 19.0 Å². The Morgan fingerprint density at radius 2 is 2.12 bits per heavy atom. The molecular weight excluding hydrogens is 217 g/mol. The van der Waals surface area contributed by atoms with Crippen molar-refractivity contribution in [1.82, 2.24) is 0 Å². The van der Waals surface area contributed by atoms with Gasteiger partial charge >= 0.3 is 0 Å². The summed E-state index contributed by atoms with van der Waals surface area (Å²) in [5.74, 6) is -3.12. The molecule has 1 aliphatic heterocycles. The van der Waals surface area contributed by atoms with Crippen molar-refractivity contribution in [2.75, 3.05) is 18.0 Å². The van der Waals surface area contributed by atoms with Crippen LogP contribution in [0.15, 0.2) is 18.2 Å². The highest BCUT2D eigenvalue weighted by molar-refractivity contribution is 5.55. The normalized spacial score (nSPS) is 19.1. The van der Waals surface area contributed by atoms with Crippen LogP contribution >= 0.6 is 0 Å². The Hall–Kier alpha value is -1.23. The highest BCUT2D eigenvalue weighted by atomic mass is 19.3. The van der Waals surface area contributed by atoms with Crippen LogP contribution in [0.4, 0.5) is 18.9 Å². The molecular formula is C11H13F3N2. The Kier molecular flexibility index (Phi) is 2.80. The number of benzene rings is 1. The molecule has 1 fully saturated rings. The molecule has 1 heterocycles. The van der Waals surface area contributed by atoms with Crippen LogP contribution in [-0.2, 0) is 6.54 Å². The van der Waals surface area contributed by atoms with Crippen LogP contribution in [0, 0.1) is 5.82 Å². The molecule has 0 bridgehead atoms. The minimum absolute atomic E-state index is 0.0179. The molecule has 1 saturated heterocycles. The molecule has 2 N–H and O–H groups in total. The predicted octanol–water partition coefficient (Wildman–Crippen LogP) is 2.13. The van der Waals surface area contributed by atoms with Crippen molar-refractivity contribution in [3.63, 3.8) is 0 Å². The summed E-state index contributed by atoms with van der Waals surface area (Å²) >= 11 is 0. The van der Waals surface area contributed by atoms with Gasteiger partial charge in [0.15, 0.2) is 0 Å². The van der Waals surface area contributed by atoms with Gasteiger partial charge in [-0.2, -0.15) is 0 Å². The molecule has 0 aliphatic carbocycles. The van der Waals surface area contributed by atoms with E-state index in [1.165, 1.54) is 17.0 Å². The molecule has 1 aliphatic rings. The summed E-state index contributed by atoms with van der Waals surface area (Å²) in [6.45, 7) is -0.100. The first-order valence-electron chi connectivity index (χ1n) is 5.14. The summed E-state index contributed by atoms with van der Waals surface area (Å²) in [5.41, 5.74) is 6.22. The number of hydrogen-bond acceptors (Lipinski definition) is 2. The van der Waals surface area contributed by atoms with E-state index in [-0.39, 0.29) is 26.1 Å². The highest BCUT2D eigenvalue weighted by Crippen LogP contribution is 2.33. The Labute approximate surface area is 91.8 Å². The van der Waals surface area contributed by atoms with Gasteiger partial charge in [0.25, 0.3) is 5.92 Å². The van der Waals surface area contributed by atoms with Gasteiger partial charge in [0.2, 0.25) is 0 Å². The number of nitrogens with zero attached hydrogens (tertiary/aromatic N) is 1. The summed E-state index contributed by atoms with van der Waals surface area (Å²) in [7, 11) is 0. The maximum atomic E-state index is 13.4. The Morgan fingerprint density at radius 1 is 1.38 bits per heavy atom. The minimum Gasteiger partial charge on any atom is -0.365 e. The third-order valence-corrected chi connectivity index (χ3v) is 2.81. The van der Waals surface area contributed by atoms with Crippen LogP contribution in [0.25, 0.3) is 0 Å². The van der Waals surface area contributed by atoms with Gasteiger partial charge in [-0.25, -0.2) is 13.2 Å². The molecule has 0 unspecified atom stereocenters. The van der Waals surface area contributed by atoms with E-state index < -0.39 is 11.7 Å². The van der Waals surface area contributed by atoms with Gasteiger partial charge in [-0.3, -0.25) is 0 Å². The average molecular weight is 230 g/mol. The van der Waals surface area contributed by atoms with Crippen molar-refractivity contribution >= 4 is 5.69 Å². The van der Waals surface area contributed by atoms with Crippen molar-refractivity contribution in [1.29, 1.82) is 0 Å². The van der Waals surface area contributed by atoms with Crippen LogP contribution in [0.5, 0.6) is 0 Å². The van der Waals surface area contributed by atoms with Gasteiger partial charge in [0.05, 0.1) is 6.54 Å². The lowest BCUT2D eigenvalue weighted by Crippen LogP contribution is -2.26. The van der Waals surface area contributed by atoms with Gasteiger partial charge in [0.1, 0.15) is 5.82 Å². The van der Waals surface area contributed by atoms with E-state index in [1.54, 1.807) is 6.07 Å². The lowest BCUT2D eigenvalue weighted by Gasteiger charge is -2.21. The number of halogens is 3. The fourth-order valence-corrected chi connectivity index (χ4v) is 1.99. The quantitative estimate of drug-likeness (QED) is 0.843. The van der Waals surface area contributed by atoms with Crippen LogP contribution < -0.4 is 10.6 Å². The Bertz CT molecular complexity index is 393. The van der Waals surface area contributed by atoms with Crippen LogP contribution in [0.3, 0.4) is 0 Å². The number of rotatable bonds is 2. The third kappa shape index (κ3) is 2.00. The van der Waals surface area contributed by atoms with Crippen molar-refractivity contribution < 1.29 is 13.2 Å². The highest BCUT2D eigenvalue weighted by Gasteiger charge is 2.38. The monoisotopic (exact) mass is 230 g/mol. The van der Waals surface area contributed by atoms with Gasteiger partial charge in [-0.15, -0.1) is 0 Å². The van der Waals surface area contributed by atoms with Crippen molar-refractivity contribution in [3.8, 4) is 0 Å². The van der Waals surface area contributed by atoms with E-state index >= 15 is 0 Å². The first-order valence-corrected chi connectivity index (χ1v) is 5.14. The van der Waals surface area contributed by atoms with E-state index in [2.05, 4.69) is 0 Å². The van der Waals surface area contributed by atoms with E-state index in [4.69, 9.17) is 5.73 Å². The fraction of sp³-hybridized carbons (Fsp3) is 0.455. The van der Waals surface area contributed by atoms with E-state index in [0.717, 1.165) is 0 Å². The molecule has 5 heteroatoms. The summed E-state index contributed by atoms with van der Waals surface area (Å²) in [6.07, 6.45) is -0.187. The molecule has 0 spiro atoms. The fourth-order valence-electron chi connectivity index (χ4n) is 1.99. The molecule has 0 amide bonds. The molecule has 1 aromatic carbocycles. The van der Waals surface area contributed by atoms with Gasteiger partial charge in [-0.05, 0) is 12.1 Å². The van der Waals surface area contributed by atoms with E-state index in [9.17, 15) is 13.2 Å². The zero-order valence-corrected chi connectivity index (χ0v) is 8.72. The van der Waals surface area contributed by atoms with Crippen LogP contribution in [0.2, 0.25) is 0 Å². The summed E-state index contributed by atoms with van der Waals surface area (Å²) in [6, 6.07) is 4.44. The third-order valence-electron chi connectivity index (χ3n) is 2.81. The van der Waals surface area contributed by atoms with E-state index in [0.29, 0.717) is 11.3 Å².